The molecule has 3 heteroatoms. The normalized spacial score (nSPS) is 23.5. The third-order valence-corrected chi connectivity index (χ3v) is 1.84. The Hall–Kier alpha value is -0.570. The second kappa shape index (κ2) is 2.23. The highest BCUT2D eigenvalue weighted by atomic mass is 16.2. The van der Waals surface area contributed by atoms with E-state index >= 15 is 0 Å². The first-order valence-electron chi connectivity index (χ1n) is 3.61. The molecule has 10 heavy (non-hydrogen) atoms. The zero-order chi connectivity index (χ0) is 7.78. The Morgan fingerprint density at radius 1 is 1.70 bits per heavy atom. The molecule has 3 N–H and O–H groups in total. The molecule has 1 fully saturated rings. The van der Waals surface area contributed by atoms with Crippen LogP contribution in [0.5, 0.6) is 0 Å². The van der Waals surface area contributed by atoms with Gasteiger partial charge in [0, 0.05) is 5.54 Å². The molecule has 0 aromatic rings. The molecule has 1 aliphatic rings. The van der Waals surface area contributed by atoms with Crippen LogP contribution in [-0.2, 0) is 4.79 Å². The summed E-state index contributed by atoms with van der Waals surface area (Å²) in [5.74, 6) is -0.0417. The molecule has 1 saturated carbocycles. The van der Waals surface area contributed by atoms with Gasteiger partial charge in [-0.25, -0.2) is 0 Å². The van der Waals surface area contributed by atoms with Gasteiger partial charge in [0.15, 0.2) is 0 Å². The molecule has 3 nitrogen and oxygen atoms in total. The summed E-state index contributed by atoms with van der Waals surface area (Å²) in [7, 11) is 0. The molecule has 58 valence electrons. The van der Waals surface area contributed by atoms with Crippen molar-refractivity contribution in [3.8, 4) is 0 Å². The van der Waals surface area contributed by atoms with Gasteiger partial charge < -0.3 is 11.1 Å². The number of carbonyl (C=O) groups excluding carboxylic acids is 1. The molecule has 0 heterocycles. The number of amides is 1. The molecule has 1 atom stereocenters. The van der Waals surface area contributed by atoms with Crippen molar-refractivity contribution in [1.29, 1.82) is 0 Å². The minimum absolute atomic E-state index is 0.0417. The third-order valence-electron chi connectivity index (χ3n) is 1.84. The Bertz CT molecular complexity index is 150. The van der Waals surface area contributed by atoms with E-state index < -0.39 is 0 Å². The van der Waals surface area contributed by atoms with Crippen LogP contribution in [-0.4, -0.2) is 17.5 Å². The summed E-state index contributed by atoms with van der Waals surface area (Å²) >= 11 is 0. The van der Waals surface area contributed by atoms with Crippen LogP contribution in [0.1, 0.15) is 26.7 Å². The first kappa shape index (κ1) is 7.54. The summed E-state index contributed by atoms with van der Waals surface area (Å²) in [6, 6.07) is -0.377. The zero-order valence-electron chi connectivity index (χ0n) is 6.48. The Labute approximate surface area is 61.0 Å². The van der Waals surface area contributed by atoms with Gasteiger partial charge in [-0.05, 0) is 26.7 Å². The van der Waals surface area contributed by atoms with E-state index in [2.05, 4.69) is 5.32 Å². The summed E-state index contributed by atoms with van der Waals surface area (Å²) in [5.41, 5.74) is 5.43. The molecule has 0 bridgehead atoms. The van der Waals surface area contributed by atoms with Crippen LogP contribution < -0.4 is 11.1 Å². The van der Waals surface area contributed by atoms with Gasteiger partial charge >= 0.3 is 0 Å². The van der Waals surface area contributed by atoms with Crippen molar-refractivity contribution < 1.29 is 4.79 Å². The predicted octanol–water partition coefficient (Wildman–Crippen LogP) is 0.00230. The Morgan fingerprint density at radius 3 is 2.50 bits per heavy atom. The van der Waals surface area contributed by atoms with Crippen molar-refractivity contribution in [3.05, 3.63) is 0 Å². The van der Waals surface area contributed by atoms with Crippen molar-refractivity contribution in [3.63, 3.8) is 0 Å². The second-order valence-electron chi connectivity index (χ2n) is 3.34. The molecule has 1 aliphatic carbocycles. The van der Waals surface area contributed by atoms with E-state index in [9.17, 15) is 4.79 Å². The minimum Gasteiger partial charge on any atom is -0.350 e. The van der Waals surface area contributed by atoms with E-state index in [1.165, 1.54) is 0 Å². The van der Waals surface area contributed by atoms with Gasteiger partial charge in [-0.2, -0.15) is 0 Å². The predicted molar refractivity (Wildman–Crippen MR) is 39.4 cm³/mol. The summed E-state index contributed by atoms with van der Waals surface area (Å²) in [4.78, 5) is 11.0. The molecule has 0 spiro atoms. The largest absolute Gasteiger partial charge is 0.350 e. The quantitative estimate of drug-likeness (QED) is 0.570. The Kier molecular flexibility index (Phi) is 1.68. The van der Waals surface area contributed by atoms with Crippen LogP contribution in [0.15, 0.2) is 0 Å². The maximum atomic E-state index is 11.0. The standard InChI is InChI=1S/C7H14N2O/c1-5(8)6(10)9-7(2)3-4-7/h5H,3-4,8H2,1-2H3,(H,9,10)/t5-/m1/s1. The molecule has 1 amide bonds. The highest BCUT2D eigenvalue weighted by Crippen LogP contribution is 2.34. The topological polar surface area (TPSA) is 55.1 Å². The molecular weight excluding hydrogens is 128 g/mol. The number of hydrogen-bond acceptors (Lipinski definition) is 2. The van der Waals surface area contributed by atoms with Crippen molar-refractivity contribution in [2.75, 3.05) is 0 Å². The summed E-state index contributed by atoms with van der Waals surface area (Å²) in [6.45, 7) is 3.73. The lowest BCUT2D eigenvalue weighted by Crippen LogP contribution is -2.43. The Balaban J connectivity index is 2.31. The molecule has 0 aliphatic heterocycles. The number of hydrogen-bond donors (Lipinski definition) is 2. The van der Waals surface area contributed by atoms with Crippen LogP contribution >= 0.6 is 0 Å². The molecule has 0 aromatic heterocycles. The fourth-order valence-electron chi connectivity index (χ4n) is 0.724. The van der Waals surface area contributed by atoms with E-state index in [1.807, 2.05) is 6.92 Å². The number of rotatable bonds is 2. The smallest absolute Gasteiger partial charge is 0.237 e. The number of nitrogens with one attached hydrogen (secondary N) is 1. The number of nitrogens with two attached hydrogens (primary N) is 1. The van der Waals surface area contributed by atoms with Gasteiger partial charge in [0.1, 0.15) is 0 Å². The molecule has 0 saturated heterocycles. The van der Waals surface area contributed by atoms with E-state index in [4.69, 9.17) is 5.73 Å². The van der Waals surface area contributed by atoms with Crippen LogP contribution in [0.25, 0.3) is 0 Å². The summed E-state index contributed by atoms with van der Waals surface area (Å²) < 4.78 is 0. The third kappa shape index (κ3) is 1.70. The van der Waals surface area contributed by atoms with Gasteiger partial charge in [-0.15, -0.1) is 0 Å². The second-order valence-corrected chi connectivity index (χ2v) is 3.34. The molecule has 1 rings (SSSR count). The molecule has 0 radical (unpaired) electrons. The van der Waals surface area contributed by atoms with E-state index in [1.54, 1.807) is 6.92 Å². The SMILES string of the molecule is C[C@@H](N)C(=O)NC1(C)CC1. The van der Waals surface area contributed by atoms with Crippen LogP contribution in [0.4, 0.5) is 0 Å². The first-order valence-corrected chi connectivity index (χ1v) is 3.61. The van der Waals surface area contributed by atoms with Gasteiger partial charge in [0.05, 0.1) is 6.04 Å². The maximum absolute atomic E-state index is 11.0. The maximum Gasteiger partial charge on any atom is 0.237 e. The zero-order valence-corrected chi connectivity index (χ0v) is 6.48. The van der Waals surface area contributed by atoms with Crippen LogP contribution in [0, 0.1) is 0 Å². The fourth-order valence-corrected chi connectivity index (χ4v) is 0.724. The fraction of sp³-hybridized carbons (Fsp3) is 0.857. The molecule has 0 unspecified atom stereocenters. The van der Waals surface area contributed by atoms with Gasteiger partial charge in [-0.1, -0.05) is 0 Å². The van der Waals surface area contributed by atoms with Gasteiger partial charge in [0.2, 0.25) is 5.91 Å². The average Bonchev–Trinajstić information content (AvgIpc) is 2.47. The average molecular weight is 142 g/mol. The molecular formula is C7H14N2O. The lowest BCUT2D eigenvalue weighted by molar-refractivity contribution is -0.122. The molecule has 0 aromatic carbocycles. The van der Waals surface area contributed by atoms with Crippen LogP contribution in [0.2, 0.25) is 0 Å². The minimum atomic E-state index is -0.377. The Morgan fingerprint density at radius 2 is 2.20 bits per heavy atom. The van der Waals surface area contributed by atoms with Crippen molar-refractivity contribution in [1.82, 2.24) is 5.32 Å². The number of carbonyl (C=O) groups is 1. The lowest BCUT2D eigenvalue weighted by atomic mass is 10.2. The summed E-state index contributed by atoms with van der Waals surface area (Å²) in [5, 5.41) is 2.87. The van der Waals surface area contributed by atoms with Gasteiger partial charge in [0.25, 0.3) is 0 Å². The van der Waals surface area contributed by atoms with Crippen molar-refractivity contribution >= 4 is 5.91 Å². The van der Waals surface area contributed by atoms with Crippen molar-refractivity contribution in [2.24, 2.45) is 5.73 Å². The van der Waals surface area contributed by atoms with Crippen molar-refractivity contribution in [2.45, 2.75) is 38.3 Å². The highest BCUT2D eigenvalue weighted by Gasteiger charge is 2.38. The van der Waals surface area contributed by atoms with E-state index in [-0.39, 0.29) is 17.5 Å². The van der Waals surface area contributed by atoms with E-state index in [0.717, 1.165) is 12.8 Å². The first-order chi connectivity index (χ1) is 4.53. The monoisotopic (exact) mass is 142 g/mol. The summed E-state index contributed by atoms with van der Waals surface area (Å²) in [6.07, 6.45) is 2.18. The van der Waals surface area contributed by atoms with Crippen LogP contribution in [0.3, 0.4) is 0 Å². The highest BCUT2D eigenvalue weighted by molar-refractivity contribution is 5.82. The lowest BCUT2D eigenvalue weighted by Gasteiger charge is -2.12. The van der Waals surface area contributed by atoms with Gasteiger partial charge in [-0.3, -0.25) is 4.79 Å². The van der Waals surface area contributed by atoms with E-state index in [0.29, 0.717) is 0 Å².